The number of rotatable bonds is 15. The Morgan fingerprint density at radius 1 is 0.920 bits per heavy atom. The van der Waals surface area contributed by atoms with Crippen LogP contribution in [0.5, 0.6) is 0 Å². The summed E-state index contributed by atoms with van der Waals surface area (Å²) in [5, 5.41) is 2.64. The van der Waals surface area contributed by atoms with E-state index in [1.165, 1.54) is 0 Å². The van der Waals surface area contributed by atoms with Crippen LogP contribution in [0.3, 0.4) is 0 Å². The van der Waals surface area contributed by atoms with Crippen LogP contribution >= 0.6 is 0 Å². The van der Waals surface area contributed by atoms with E-state index in [1.807, 2.05) is 13.8 Å². The van der Waals surface area contributed by atoms with Gasteiger partial charge in [0, 0.05) is 27.3 Å². The Labute approximate surface area is 151 Å². The van der Waals surface area contributed by atoms with Crippen LogP contribution < -0.4 is 11.1 Å². The van der Waals surface area contributed by atoms with Crippen molar-refractivity contribution in [1.82, 2.24) is 5.32 Å². The van der Waals surface area contributed by atoms with E-state index in [9.17, 15) is 9.59 Å². The first-order valence-corrected chi connectivity index (χ1v) is 8.34. The molecule has 25 heavy (non-hydrogen) atoms. The number of aldehydes is 1. The third-order valence-corrected chi connectivity index (χ3v) is 1.99. The molecule has 3 N–H and O–H groups in total. The number of nitrogens with one attached hydrogen (secondary N) is 1. The second kappa shape index (κ2) is 30.7. The van der Waals surface area contributed by atoms with Crippen molar-refractivity contribution >= 4 is 12.2 Å². The van der Waals surface area contributed by atoms with Crippen molar-refractivity contribution in [3.05, 3.63) is 0 Å². The highest BCUT2D eigenvalue weighted by Crippen LogP contribution is 1.80. The first-order chi connectivity index (χ1) is 12.2. The molecule has 0 aromatic heterocycles. The van der Waals surface area contributed by atoms with Gasteiger partial charge in [0.25, 0.3) is 0 Å². The molecule has 0 aliphatic carbocycles. The summed E-state index contributed by atoms with van der Waals surface area (Å²) in [5.41, 5.74) is 5.24. The van der Waals surface area contributed by atoms with E-state index in [2.05, 4.69) is 10.1 Å². The van der Waals surface area contributed by atoms with Crippen LogP contribution in [0.25, 0.3) is 0 Å². The average Bonchev–Trinajstić information content (AvgIpc) is 2.62. The standard InChI is InChI=1S/C12H24N2O6.C2H6O.C2H6/c13-1-4-17-9-10-20-11-12(16)14-2-5-18-7-8-19-6-3-15;1-3-2;1-2/h3H,1-2,4-11,13H2,(H,14,16);1-2H3;1-2H3. The highest BCUT2D eigenvalue weighted by Gasteiger charge is 2.00. The molecular weight excluding hydrogens is 332 g/mol. The number of ether oxygens (including phenoxy) is 5. The quantitative estimate of drug-likeness (QED) is 0.296. The highest BCUT2D eigenvalue weighted by atomic mass is 16.5. The van der Waals surface area contributed by atoms with Crippen LogP contribution in [0.4, 0.5) is 0 Å². The molecule has 0 aromatic rings. The molecule has 0 bridgehead atoms. The van der Waals surface area contributed by atoms with E-state index in [4.69, 9.17) is 24.7 Å². The molecule has 0 unspecified atom stereocenters. The molecule has 0 aliphatic heterocycles. The summed E-state index contributed by atoms with van der Waals surface area (Å²) in [6, 6.07) is 0. The largest absolute Gasteiger partial charge is 0.388 e. The molecule has 0 aromatic carbocycles. The Balaban J connectivity index is -0.000000866. The van der Waals surface area contributed by atoms with Gasteiger partial charge < -0.3 is 39.5 Å². The van der Waals surface area contributed by atoms with Crippen molar-refractivity contribution in [1.29, 1.82) is 0 Å². The maximum Gasteiger partial charge on any atom is 0.246 e. The van der Waals surface area contributed by atoms with Crippen LogP contribution in [0, 0.1) is 0 Å². The molecular formula is C16H36N2O7. The molecule has 152 valence electrons. The van der Waals surface area contributed by atoms with E-state index < -0.39 is 0 Å². The third-order valence-electron chi connectivity index (χ3n) is 1.99. The summed E-state index contributed by atoms with van der Waals surface area (Å²) in [7, 11) is 3.25. The zero-order valence-corrected chi connectivity index (χ0v) is 16.1. The van der Waals surface area contributed by atoms with Crippen molar-refractivity contribution in [2.75, 3.05) is 80.2 Å². The fraction of sp³-hybridized carbons (Fsp3) is 0.875. The predicted octanol–water partition coefficient (Wildman–Crippen LogP) is -0.385. The Hall–Kier alpha value is -1.10. The molecule has 0 atom stereocenters. The van der Waals surface area contributed by atoms with E-state index in [-0.39, 0.29) is 19.1 Å². The third kappa shape index (κ3) is 35.0. The summed E-state index contributed by atoms with van der Waals surface area (Å²) in [5.74, 6) is -0.204. The number of hydrogen-bond acceptors (Lipinski definition) is 8. The fourth-order valence-electron chi connectivity index (χ4n) is 1.13. The molecule has 0 fully saturated rings. The van der Waals surface area contributed by atoms with Crippen LogP contribution in [0.15, 0.2) is 0 Å². The van der Waals surface area contributed by atoms with Crippen LogP contribution in [0.2, 0.25) is 0 Å². The highest BCUT2D eigenvalue weighted by molar-refractivity contribution is 5.77. The maximum atomic E-state index is 11.3. The summed E-state index contributed by atoms with van der Waals surface area (Å²) in [6.07, 6.45) is 0.682. The number of methoxy groups -OCH3 is 1. The lowest BCUT2D eigenvalue weighted by Gasteiger charge is -2.07. The first-order valence-electron chi connectivity index (χ1n) is 8.34. The molecule has 0 rings (SSSR count). The van der Waals surface area contributed by atoms with Gasteiger partial charge in [0.2, 0.25) is 5.91 Å². The minimum Gasteiger partial charge on any atom is -0.388 e. The van der Waals surface area contributed by atoms with Crippen LogP contribution in [-0.4, -0.2) is 92.4 Å². The van der Waals surface area contributed by atoms with Crippen LogP contribution in [0.1, 0.15) is 13.8 Å². The van der Waals surface area contributed by atoms with E-state index in [1.54, 1.807) is 14.2 Å². The Bertz CT molecular complexity index is 257. The van der Waals surface area contributed by atoms with Crippen molar-refractivity contribution < 1.29 is 33.3 Å². The molecule has 9 heteroatoms. The molecule has 0 saturated heterocycles. The summed E-state index contributed by atoms with van der Waals surface area (Å²) in [4.78, 5) is 21.2. The second-order valence-electron chi connectivity index (χ2n) is 4.07. The van der Waals surface area contributed by atoms with Crippen molar-refractivity contribution in [2.24, 2.45) is 5.73 Å². The van der Waals surface area contributed by atoms with E-state index >= 15 is 0 Å². The van der Waals surface area contributed by atoms with Gasteiger partial charge in [-0.15, -0.1) is 0 Å². The molecule has 0 aliphatic rings. The van der Waals surface area contributed by atoms with Gasteiger partial charge in [0.1, 0.15) is 19.5 Å². The van der Waals surface area contributed by atoms with Crippen molar-refractivity contribution in [3.8, 4) is 0 Å². The van der Waals surface area contributed by atoms with Gasteiger partial charge in [0.05, 0.1) is 39.6 Å². The minimum absolute atomic E-state index is 0.00552. The summed E-state index contributed by atoms with van der Waals surface area (Å²) < 4.78 is 24.5. The Morgan fingerprint density at radius 3 is 2.00 bits per heavy atom. The molecule has 9 nitrogen and oxygen atoms in total. The molecule has 0 radical (unpaired) electrons. The smallest absolute Gasteiger partial charge is 0.246 e. The maximum absolute atomic E-state index is 11.3. The van der Waals surface area contributed by atoms with Crippen LogP contribution in [-0.2, 0) is 33.3 Å². The second-order valence-corrected chi connectivity index (χ2v) is 4.07. The number of amides is 1. The lowest BCUT2D eigenvalue weighted by molar-refractivity contribution is -0.126. The fourth-order valence-corrected chi connectivity index (χ4v) is 1.13. The predicted molar refractivity (Wildman–Crippen MR) is 95.7 cm³/mol. The van der Waals surface area contributed by atoms with Crippen molar-refractivity contribution in [3.63, 3.8) is 0 Å². The first kappa shape index (κ1) is 28.7. The lowest BCUT2D eigenvalue weighted by Crippen LogP contribution is -2.31. The van der Waals surface area contributed by atoms with Gasteiger partial charge in [-0.1, -0.05) is 13.8 Å². The molecule has 0 heterocycles. The van der Waals surface area contributed by atoms with Gasteiger partial charge in [-0.25, -0.2) is 0 Å². The minimum atomic E-state index is -0.204. The number of carbonyl (C=O) groups is 2. The molecule has 0 spiro atoms. The number of carbonyl (C=O) groups excluding carboxylic acids is 2. The number of nitrogens with two attached hydrogens (primary N) is 1. The van der Waals surface area contributed by atoms with Gasteiger partial charge in [-0.3, -0.25) is 4.79 Å². The average molecular weight is 368 g/mol. The monoisotopic (exact) mass is 368 g/mol. The molecule has 0 saturated carbocycles. The molecule has 1 amide bonds. The van der Waals surface area contributed by atoms with Gasteiger partial charge in [-0.05, 0) is 0 Å². The normalized spacial score (nSPS) is 9.32. The van der Waals surface area contributed by atoms with Crippen molar-refractivity contribution in [2.45, 2.75) is 13.8 Å². The van der Waals surface area contributed by atoms with E-state index in [0.29, 0.717) is 59.0 Å². The topological polar surface area (TPSA) is 118 Å². The Kier molecular flexibility index (Phi) is 35.3. The van der Waals surface area contributed by atoms with Gasteiger partial charge in [0.15, 0.2) is 0 Å². The zero-order chi connectivity index (χ0) is 19.6. The SMILES string of the molecule is CC.COC.NCCOCCOCC(=O)NCCOCCOCC=O. The Morgan fingerprint density at radius 2 is 1.44 bits per heavy atom. The summed E-state index contributed by atoms with van der Waals surface area (Å²) >= 11 is 0. The van der Waals surface area contributed by atoms with Gasteiger partial charge in [-0.2, -0.15) is 0 Å². The van der Waals surface area contributed by atoms with Gasteiger partial charge >= 0.3 is 0 Å². The summed E-state index contributed by atoms with van der Waals surface area (Å²) in [6.45, 7) is 7.35. The van der Waals surface area contributed by atoms with E-state index in [0.717, 1.165) is 0 Å². The lowest BCUT2D eigenvalue weighted by atomic mass is 10.6. The zero-order valence-electron chi connectivity index (χ0n) is 16.1. The number of hydrogen-bond donors (Lipinski definition) is 2.